The highest BCUT2D eigenvalue weighted by molar-refractivity contribution is 6.33. The van der Waals surface area contributed by atoms with E-state index in [4.69, 9.17) is 11.6 Å². The van der Waals surface area contributed by atoms with Crippen LogP contribution in [-0.4, -0.2) is 28.1 Å². The number of benzene rings is 2. The van der Waals surface area contributed by atoms with E-state index in [0.717, 1.165) is 18.3 Å². The summed E-state index contributed by atoms with van der Waals surface area (Å²) in [6, 6.07) is 10.2. The molecule has 26 heavy (non-hydrogen) atoms. The monoisotopic (exact) mass is 376 g/mol. The highest BCUT2D eigenvalue weighted by Crippen LogP contribution is 2.25. The summed E-state index contributed by atoms with van der Waals surface area (Å²) in [5, 5.41) is 26.5. The number of hydrazone groups is 1. The lowest BCUT2D eigenvalue weighted by Crippen LogP contribution is -2.24. The number of nitrogens with one attached hydrogen (secondary N) is 2. The van der Waals surface area contributed by atoms with Gasteiger partial charge in [-0.2, -0.15) is 5.10 Å². The number of amides is 2. The number of phenols is 1. The van der Waals surface area contributed by atoms with E-state index in [1.165, 1.54) is 6.07 Å². The zero-order chi connectivity index (χ0) is 19.1. The topological polar surface area (TPSA) is 134 Å². The van der Waals surface area contributed by atoms with Crippen molar-refractivity contribution in [1.82, 2.24) is 5.43 Å². The number of rotatable bonds is 6. The molecule has 0 aliphatic carbocycles. The molecular formula is C16H13ClN4O5. The Kier molecular flexibility index (Phi) is 6.23. The minimum Gasteiger partial charge on any atom is -0.502 e. The number of para-hydroxylation sites is 1. The van der Waals surface area contributed by atoms with Crippen LogP contribution in [0.2, 0.25) is 5.02 Å². The SMILES string of the molecule is O=C(CC(=O)Nc1ccccc1Cl)N/N=C/c1ccc(O)c([N+](=O)[O-])c1. The largest absolute Gasteiger partial charge is 0.502 e. The van der Waals surface area contributed by atoms with E-state index >= 15 is 0 Å². The van der Waals surface area contributed by atoms with Gasteiger partial charge in [0.25, 0.3) is 0 Å². The molecule has 0 spiro atoms. The molecule has 9 nitrogen and oxygen atoms in total. The molecule has 0 aromatic heterocycles. The van der Waals surface area contributed by atoms with Crippen LogP contribution >= 0.6 is 11.6 Å². The fraction of sp³-hybridized carbons (Fsp3) is 0.0625. The Morgan fingerprint density at radius 3 is 2.65 bits per heavy atom. The maximum atomic E-state index is 11.8. The molecule has 10 heteroatoms. The molecule has 3 N–H and O–H groups in total. The zero-order valence-electron chi connectivity index (χ0n) is 13.2. The predicted octanol–water partition coefficient (Wildman–Crippen LogP) is 2.43. The van der Waals surface area contributed by atoms with E-state index in [0.29, 0.717) is 10.7 Å². The van der Waals surface area contributed by atoms with E-state index in [-0.39, 0.29) is 5.56 Å². The van der Waals surface area contributed by atoms with Crippen LogP contribution in [-0.2, 0) is 9.59 Å². The van der Waals surface area contributed by atoms with Crippen LogP contribution in [0.1, 0.15) is 12.0 Å². The number of nitrogens with zero attached hydrogens (tertiary/aromatic N) is 2. The Bertz CT molecular complexity index is 885. The number of halogens is 1. The van der Waals surface area contributed by atoms with E-state index in [2.05, 4.69) is 15.8 Å². The van der Waals surface area contributed by atoms with Gasteiger partial charge in [-0.25, -0.2) is 5.43 Å². The maximum absolute atomic E-state index is 11.8. The van der Waals surface area contributed by atoms with E-state index in [9.17, 15) is 24.8 Å². The molecule has 0 saturated carbocycles. The molecule has 0 atom stereocenters. The van der Waals surface area contributed by atoms with Gasteiger partial charge >= 0.3 is 5.69 Å². The summed E-state index contributed by atoms with van der Waals surface area (Å²) in [5.41, 5.74) is 2.31. The second kappa shape index (κ2) is 8.58. The summed E-state index contributed by atoms with van der Waals surface area (Å²) in [5.74, 6) is -1.74. The fourth-order valence-corrected chi connectivity index (χ4v) is 2.07. The van der Waals surface area contributed by atoms with Crippen molar-refractivity contribution >= 4 is 41.0 Å². The van der Waals surface area contributed by atoms with Gasteiger partial charge in [-0.3, -0.25) is 19.7 Å². The lowest BCUT2D eigenvalue weighted by molar-refractivity contribution is -0.385. The van der Waals surface area contributed by atoms with Crippen LogP contribution in [0.4, 0.5) is 11.4 Å². The van der Waals surface area contributed by atoms with Crippen molar-refractivity contribution in [2.24, 2.45) is 5.10 Å². The highest BCUT2D eigenvalue weighted by Gasteiger charge is 2.13. The van der Waals surface area contributed by atoms with E-state index in [1.807, 2.05) is 0 Å². The van der Waals surface area contributed by atoms with E-state index in [1.54, 1.807) is 24.3 Å². The number of carbonyl (C=O) groups is 2. The number of hydrogen-bond donors (Lipinski definition) is 3. The number of hydrogen-bond acceptors (Lipinski definition) is 6. The summed E-state index contributed by atoms with van der Waals surface area (Å²) < 4.78 is 0. The number of anilines is 1. The maximum Gasteiger partial charge on any atom is 0.311 e. The van der Waals surface area contributed by atoms with Gasteiger partial charge in [0.2, 0.25) is 11.8 Å². The van der Waals surface area contributed by atoms with Crippen LogP contribution in [0.25, 0.3) is 0 Å². The highest BCUT2D eigenvalue weighted by atomic mass is 35.5. The van der Waals surface area contributed by atoms with Gasteiger partial charge in [0.15, 0.2) is 5.75 Å². The standard InChI is InChI=1S/C16H13ClN4O5/c17-11-3-1-2-4-12(11)19-15(23)8-16(24)20-18-9-10-5-6-14(22)13(7-10)21(25)26/h1-7,9,22H,8H2,(H,19,23)(H,20,24)/b18-9+. The van der Waals surface area contributed by atoms with Crippen molar-refractivity contribution in [2.45, 2.75) is 6.42 Å². The molecule has 134 valence electrons. The Morgan fingerprint density at radius 2 is 1.96 bits per heavy atom. The average Bonchev–Trinajstić information content (AvgIpc) is 2.58. The molecule has 0 fully saturated rings. The van der Waals surface area contributed by atoms with E-state index < -0.39 is 34.6 Å². The number of nitro benzene ring substituents is 1. The molecule has 2 aromatic carbocycles. The van der Waals surface area contributed by atoms with Gasteiger partial charge in [-0.1, -0.05) is 23.7 Å². The first-order chi connectivity index (χ1) is 12.4. The van der Waals surface area contributed by atoms with Gasteiger partial charge in [0.05, 0.1) is 21.8 Å². The minimum absolute atomic E-state index is 0.287. The van der Waals surface area contributed by atoms with Gasteiger partial charge < -0.3 is 10.4 Å². The molecule has 0 saturated heterocycles. The van der Waals surface area contributed by atoms with Crippen LogP contribution in [0.15, 0.2) is 47.6 Å². The summed E-state index contributed by atoms with van der Waals surface area (Å²) in [6.45, 7) is 0. The van der Waals surface area contributed by atoms with Crippen molar-refractivity contribution in [3.8, 4) is 5.75 Å². The van der Waals surface area contributed by atoms with Crippen molar-refractivity contribution in [3.05, 3.63) is 63.2 Å². The molecule has 2 amide bonds. The van der Waals surface area contributed by atoms with Crippen molar-refractivity contribution < 1.29 is 19.6 Å². The normalized spacial score (nSPS) is 10.5. The number of nitro groups is 1. The Hall–Kier alpha value is -3.46. The summed E-state index contributed by atoms with van der Waals surface area (Å²) >= 11 is 5.90. The molecule has 2 rings (SSSR count). The first-order valence-electron chi connectivity index (χ1n) is 7.20. The molecule has 0 bridgehead atoms. The molecule has 0 aliphatic heterocycles. The predicted molar refractivity (Wildman–Crippen MR) is 95.2 cm³/mol. The quantitative estimate of drug-likeness (QED) is 0.308. The van der Waals surface area contributed by atoms with Crippen molar-refractivity contribution in [3.63, 3.8) is 0 Å². The molecule has 0 heterocycles. The average molecular weight is 377 g/mol. The first kappa shape index (κ1) is 18.9. The summed E-state index contributed by atoms with van der Waals surface area (Å²) in [6.07, 6.45) is 0.661. The van der Waals surface area contributed by atoms with Crippen LogP contribution < -0.4 is 10.7 Å². The third-order valence-corrected chi connectivity index (χ3v) is 3.40. The molecule has 0 aliphatic rings. The summed E-state index contributed by atoms with van der Waals surface area (Å²) in [7, 11) is 0. The number of carbonyl (C=O) groups excluding carboxylic acids is 2. The van der Waals surface area contributed by atoms with Gasteiger partial charge in [0, 0.05) is 11.6 Å². The van der Waals surface area contributed by atoms with Crippen LogP contribution in [0.3, 0.4) is 0 Å². The Morgan fingerprint density at radius 1 is 1.23 bits per heavy atom. The first-order valence-corrected chi connectivity index (χ1v) is 7.58. The van der Waals surface area contributed by atoms with Crippen LogP contribution in [0.5, 0.6) is 5.75 Å². The Labute approximate surface area is 152 Å². The lowest BCUT2D eigenvalue weighted by atomic mass is 10.2. The van der Waals surface area contributed by atoms with Crippen molar-refractivity contribution in [2.75, 3.05) is 5.32 Å². The third-order valence-electron chi connectivity index (χ3n) is 3.07. The fourth-order valence-electron chi connectivity index (χ4n) is 1.89. The number of phenolic OH excluding ortho intramolecular Hbond substituents is 1. The molecule has 2 aromatic rings. The Balaban J connectivity index is 1.89. The lowest BCUT2D eigenvalue weighted by Gasteiger charge is -2.06. The zero-order valence-corrected chi connectivity index (χ0v) is 13.9. The summed E-state index contributed by atoms with van der Waals surface area (Å²) in [4.78, 5) is 33.4. The smallest absolute Gasteiger partial charge is 0.311 e. The van der Waals surface area contributed by atoms with Crippen molar-refractivity contribution in [1.29, 1.82) is 0 Å². The van der Waals surface area contributed by atoms with Gasteiger partial charge in [-0.05, 0) is 24.3 Å². The molecule has 0 radical (unpaired) electrons. The van der Waals surface area contributed by atoms with Gasteiger partial charge in [0.1, 0.15) is 6.42 Å². The molecular weight excluding hydrogens is 364 g/mol. The third kappa shape index (κ3) is 5.28. The minimum atomic E-state index is -0.746. The van der Waals surface area contributed by atoms with Gasteiger partial charge in [-0.15, -0.1) is 0 Å². The second-order valence-corrected chi connectivity index (χ2v) is 5.41. The molecule has 0 unspecified atom stereocenters. The second-order valence-electron chi connectivity index (χ2n) is 5.00. The van der Waals surface area contributed by atoms with Crippen LogP contribution in [0, 0.1) is 10.1 Å². The number of aromatic hydroxyl groups is 1.